The molecule has 0 spiro atoms. The molecule has 3 aromatic rings. The van der Waals surface area contributed by atoms with E-state index in [1.807, 2.05) is 32.0 Å². The number of rotatable bonds is 5. The molecule has 0 saturated carbocycles. The minimum atomic E-state index is -0.273. The average molecular weight is 445 g/mol. The zero-order valence-corrected chi connectivity index (χ0v) is 18.4. The summed E-state index contributed by atoms with van der Waals surface area (Å²) >= 11 is 13.4. The Morgan fingerprint density at radius 3 is 2.45 bits per heavy atom. The topological polar surface area (TPSA) is 50.3 Å². The third-order valence-corrected chi connectivity index (χ3v) is 5.69. The van der Waals surface area contributed by atoms with Crippen molar-refractivity contribution in [3.05, 3.63) is 80.3 Å². The van der Waals surface area contributed by atoms with Crippen LogP contribution in [0.5, 0.6) is 0 Å². The van der Waals surface area contributed by atoms with E-state index in [2.05, 4.69) is 4.98 Å². The monoisotopic (exact) mass is 444 g/mol. The average Bonchev–Trinajstić information content (AvgIpc) is 3.12. The van der Waals surface area contributed by atoms with Crippen molar-refractivity contribution in [3.63, 3.8) is 0 Å². The van der Waals surface area contributed by atoms with E-state index in [0.717, 1.165) is 16.8 Å². The van der Waals surface area contributed by atoms with E-state index in [1.54, 1.807) is 28.5 Å². The number of benzene rings is 2. The zero-order chi connectivity index (χ0) is 21.1. The first kappa shape index (κ1) is 21.2. The molecule has 0 atom stereocenters. The number of carbonyl (C=O) groups excluding carboxylic acids is 2. The summed E-state index contributed by atoms with van der Waals surface area (Å²) in [7, 11) is 0. The molecule has 7 heteroatoms. The summed E-state index contributed by atoms with van der Waals surface area (Å²) in [4.78, 5) is 30.9. The van der Waals surface area contributed by atoms with Crippen LogP contribution in [0.4, 0.5) is 10.8 Å². The Kier molecular flexibility index (Phi) is 6.52. The maximum atomic E-state index is 12.4. The van der Waals surface area contributed by atoms with E-state index in [1.165, 1.54) is 30.4 Å². The number of allylic oxidation sites excluding steroid dienone is 1. The summed E-state index contributed by atoms with van der Waals surface area (Å²) in [5.41, 5.74) is 3.70. The first-order valence-electron chi connectivity index (χ1n) is 8.78. The Morgan fingerprint density at radius 1 is 1.10 bits per heavy atom. The molecule has 0 aliphatic heterocycles. The van der Waals surface area contributed by atoms with Crippen LogP contribution in [0.3, 0.4) is 0 Å². The molecule has 0 aliphatic rings. The molecule has 0 bridgehead atoms. The molecule has 0 fully saturated rings. The van der Waals surface area contributed by atoms with E-state index < -0.39 is 0 Å². The number of halogens is 2. The van der Waals surface area contributed by atoms with E-state index in [-0.39, 0.29) is 11.7 Å². The summed E-state index contributed by atoms with van der Waals surface area (Å²) in [5, 5.41) is 3.11. The maximum absolute atomic E-state index is 12.4. The molecule has 0 radical (unpaired) electrons. The van der Waals surface area contributed by atoms with Crippen molar-refractivity contribution >= 4 is 63.1 Å². The Morgan fingerprint density at radius 2 is 1.79 bits per heavy atom. The number of carbonyl (C=O) groups is 2. The van der Waals surface area contributed by atoms with Crippen LogP contribution in [-0.2, 0) is 4.79 Å². The molecular formula is C22H18Cl2N2O2S. The van der Waals surface area contributed by atoms with Crippen LogP contribution in [0.15, 0.2) is 47.9 Å². The van der Waals surface area contributed by atoms with Gasteiger partial charge < -0.3 is 0 Å². The molecule has 3 rings (SSSR count). The molecule has 1 heterocycles. The van der Waals surface area contributed by atoms with Gasteiger partial charge in [-0.05, 0) is 55.3 Å². The number of nitrogens with zero attached hydrogens (tertiary/aromatic N) is 2. The second-order valence-electron chi connectivity index (χ2n) is 6.47. The fourth-order valence-electron chi connectivity index (χ4n) is 2.94. The Balaban J connectivity index is 1.89. The highest BCUT2D eigenvalue weighted by atomic mass is 35.5. The first-order chi connectivity index (χ1) is 13.8. The third-order valence-electron chi connectivity index (χ3n) is 4.28. The van der Waals surface area contributed by atoms with Gasteiger partial charge in [-0.25, -0.2) is 4.98 Å². The van der Waals surface area contributed by atoms with Gasteiger partial charge in [0.05, 0.1) is 16.4 Å². The van der Waals surface area contributed by atoms with Gasteiger partial charge in [-0.15, -0.1) is 11.3 Å². The van der Waals surface area contributed by atoms with Gasteiger partial charge in [0.1, 0.15) is 0 Å². The first-order valence-corrected chi connectivity index (χ1v) is 10.4. The van der Waals surface area contributed by atoms with E-state index in [9.17, 15) is 9.59 Å². The molecule has 0 N–H and O–H groups in total. The van der Waals surface area contributed by atoms with Crippen LogP contribution >= 0.6 is 34.5 Å². The predicted octanol–water partition coefficient (Wildman–Crippen LogP) is 6.65. The number of para-hydroxylation sites is 1. The zero-order valence-electron chi connectivity index (χ0n) is 16.1. The number of hydrogen-bond donors (Lipinski definition) is 0. The van der Waals surface area contributed by atoms with Crippen molar-refractivity contribution in [2.75, 3.05) is 4.90 Å². The normalized spacial score (nSPS) is 11.1. The van der Waals surface area contributed by atoms with E-state index in [4.69, 9.17) is 23.2 Å². The molecule has 148 valence electrons. The highest BCUT2D eigenvalue weighted by Gasteiger charge is 2.21. The van der Waals surface area contributed by atoms with Crippen molar-refractivity contribution in [2.24, 2.45) is 0 Å². The molecule has 2 aromatic carbocycles. The highest BCUT2D eigenvalue weighted by Crippen LogP contribution is 2.34. The number of amides is 1. The Bertz CT molecular complexity index is 1100. The quantitative estimate of drug-likeness (QED) is 0.327. The fourth-order valence-corrected chi connectivity index (χ4v) is 4.16. The minimum absolute atomic E-state index is 0.130. The van der Waals surface area contributed by atoms with Gasteiger partial charge in [0.25, 0.3) is 0 Å². The molecular weight excluding hydrogens is 427 g/mol. The standard InChI is InChI=1S/C22H18Cl2N2O2S/c1-13-5-4-6-14(2)21(13)26(15(3)27)22-25-17(12-29-22)8-10-20(28)18-11-16(23)7-9-19(18)24/h4-12H,1-3H3. The fraction of sp³-hybridized carbons (Fsp3) is 0.136. The van der Waals surface area contributed by atoms with E-state index in [0.29, 0.717) is 26.4 Å². The molecule has 1 amide bonds. The van der Waals surface area contributed by atoms with Gasteiger partial charge in [-0.2, -0.15) is 0 Å². The van der Waals surface area contributed by atoms with Crippen LogP contribution in [-0.4, -0.2) is 16.7 Å². The number of ketones is 1. The number of anilines is 2. The van der Waals surface area contributed by atoms with Gasteiger partial charge in [0, 0.05) is 22.9 Å². The SMILES string of the molecule is CC(=O)N(c1nc(C=CC(=O)c2cc(Cl)ccc2Cl)cs1)c1c(C)cccc1C. The van der Waals surface area contributed by atoms with Gasteiger partial charge in [-0.1, -0.05) is 41.4 Å². The highest BCUT2D eigenvalue weighted by molar-refractivity contribution is 7.14. The smallest absolute Gasteiger partial charge is 0.230 e. The molecule has 29 heavy (non-hydrogen) atoms. The lowest BCUT2D eigenvalue weighted by molar-refractivity contribution is -0.115. The van der Waals surface area contributed by atoms with Crippen molar-refractivity contribution < 1.29 is 9.59 Å². The summed E-state index contributed by atoms with van der Waals surface area (Å²) < 4.78 is 0. The van der Waals surface area contributed by atoms with Gasteiger partial charge >= 0.3 is 0 Å². The number of aryl methyl sites for hydroxylation is 2. The van der Waals surface area contributed by atoms with Crippen molar-refractivity contribution in [2.45, 2.75) is 20.8 Å². The minimum Gasteiger partial charge on any atom is -0.289 e. The molecule has 1 aromatic heterocycles. The van der Waals surface area contributed by atoms with Crippen LogP contribution in [0.25, 0.3) is 6.08 Å². The number of thiazole rings is 1. The molecule has 0 saturated heterocycles. The summed E-state index contributed by atoms with van der Waals surface area (Å²) in [6, 6.07) is 10.6. The Hall–Kier alpha value is -2.47. The van der Waals surface area contributed by atoms with Gasteiger partial charge in [0.15, 0.2) is 10.9 Å². The van der Waals surface area contributed by atoms with Crippen LogP contribution in [0.2, 0.25) is 10.0 Å². The Labute approximate surface area is 183 Å². The summed E-state index contributed by atoms with van der Waals surface area (Å²) in [6.45, 7) is 5.42. The molecule has 4 nitrogen and oxygen atoms in total. The van der Waals surface area contributed by atoms with E-state index >= 15 is 0 Å². The summed E-state index contributed by atoms with van der Waals surface area (Å²) in [6.07, 6.45) is 3.00. The second-order valence-corrected chi connectivity index (χ2v) is 8.15. The van der Waals surface area contributed by atoms with Crippen molar-refractivity contribution in [1.29, 1.82) is 0 Å². The van der Waals surface area contributed by atoms with Crippen molar-refractivity contribution in [1.82, 2.24) is 4.98 Å². The van der Waals surface area contributed by atoms with Crippen LogP contribution in [0.1, 0.15) is 34.1 Å². The molecule has 0 aliphatic carbocycles. The lowest BCUT2D eigenvalue weighted by atomic mass is 10.1. The van der Waals surface area contributed by atoms with Crippen LogP contribution in [0, 0.1) is 13.8 Å². The second kappa shape index (κ2) is 8.91. The summed E-state index contributed by atoms with van der Waals surface area (Å²) in [5.74, 6) is -0.403. The predicted molar refractivity (Wildman–Crippen MR) is 121 cm³/mol. The largest absolute Gasteiger partial charge is 0.289 e. The number of hydrogen-bond acceptors (Lipinski definition) is 4. The molecule has 0 unspecified atom stereocenters. The number of aromatic nitrogens is 1. The van der Waals surface area contributed by atoms with Gasteiger partial charge in [0.2, 0.25) is 5.91 Å². The van der Waals surface area contributed by atoms with Gasteiger partial charge in [-0.3, -0.25) is 14.5 Å². The maximum Gasteiger partial charge on any atom is 0.230 e. The third kappa shape index (κ3) is 4.75. The van der Waals surface area contributed by atoms with Crippen LogP contribution < -0.4 is 4.90 Å². The van der Waals surface area contributed by atoms with Crippen molar-refractivity contribution in [3.8, 4) is 0 Å². The lowest BCUT2D eigenvalue weighted by Gasteiger charge is -2.22. The lowest BCUT2D eigenvalue weighted by Crippen LogP contribution is -2.24.